The smallest absolute Gasteiger partial charge is 0.229 e. The highest BCUT2D eigenvalue weighted by Crippen LogP contribution is 2.30. The minimum absolute atomic E-state index is 0.0431. The third-order valence-electron chi connectivity index (χ3n) is 4.33. The number of hydrogen-bond acceptors (Lipinski definition) is 3. The first-order valence-corrected chi connectivity index (χ1v) is 8.91. The molecule has 4 nitrogen and oxygen atoms in total. The second-order valence-corrected chi connectivity index (χ2v) is 7.38. The minimum Gasteiger partial charge on any atom is -0.492 e. The van der Waals surface area contributed by atoms with Crippen LogP contribution >= 0.6 is 0 Å². The number of ether oxygens (including phenoxy) is 1. The van der Waals surface area contributed by atoms with Crippen molar-refractivity contribution in [2.24, 2.45) is 0 Å². The molecule has 1 aromatic heterocycles. The summed E-state index contributed by atoms with van der Waals surface area (Å²) in [6.45, 7) is 8.99. The van der Waals surface area contributed by atoms with Crippen LogP contribution in [-0.4, -0.2) is 12.5 Å². The molecule has 4 heteroatoms. The van der Waals surface area contributed by atoms with E-state index in [0.29, 0.717) is 18.0 Å². The van der Waals surface area contributed by atoms with Gasteiger partial charge in [-0.1, -0.05) is 39.0 Å². The number of carbonyl (C=O) groups excluding carboxylic acids is 1. The molecule has 0 atom stereocenters. The maximum atomic E-state index is 12.6. The number of para-hydroxylation sites is 2. The Hall–Kier alpha value is -2.75. The van der Waals surface area contributed by atoms with Gasteiger partial charge in [-0.15, -0.1) is 0 Å². The monoisotopic (exact) mass is 351 g/mol. The highest BCUT2D eigenvalue weighted by molar-refractivity contribution is 5.96. The highest BCUT2D eigenvalue weighted by atomic mass is 16.5. The zero-order chi connectivity index (χ0) is 18.7. The Morgan fingerprint density at radius 1 is 1.15 bits per heavy atom. The highest BCUT2D eigenvalue weighted by Gasteiger charge is 2.17. The fourth-order valence-electron chi connectivity index (χ4n) is 2.90. The predicted molar refractivity (Wildman–Crippen MR) is 105 cm³/mol. The van der Waals surface area contributed by atoms with Gasteiger partial charge < -0.3 is 14.5 Å². The normalized spacial score (nSPS) is 11.5. The van der Waals surface area contributed by atoms with Crippen molar-refractivity contribution in [1.82, 2.24) is 0 Å². The molecular weight excluding hydrogens is 326 g/mol. The third kappa shape index (κ3) is 3.90. The number of benzene rings is 2. The van der Waals surface area contributed by atoms with E-state index in [-0.39, 0.29) is 17.7 Å². The second-order valence-electron chi connectivity index (χ2n) is 7.38. The number of furan rings is 1. The van der Waals surface area contributed by atoms with Crippen LogP contribution in [0.4, 0.5) is 5.69 Å². The number of fused-ring (bicyclic) bond motifs is 1. The van der Waals surface area contributed by atoms with Crippen molar-refractivity contribution >= 4 is 22.6 Å². The lowest BCUT2D eigenvalue weighted by Crippen LogP contribution is -2.15. The summed E-state index contributed by atoms with van der Waals surface area (Å²) in [6, 6.07) is 13.6. The lowest BCUT2D eigenvalue weighted by molar-refractivity contribution is -0.115. The Morgan fingerprint density at radius 2 is 1.92 bits per heavy atom. The SMILES string of the molecule is CCOc1ccccc1NC(=O)Cc1coc2ccc(C(C)(C)C)cc12. The van der Waals surface area contributed by atoms with E-state index in [1.807, 2.05) is 37.3 Å². The number of anilines is 1. The average Bonchev–Trinajstić information content (AvgIpc) is 2.98. The van der Waals surface area contributed by atoms with Crippen LogP contribution in [0.3, 0.4) is 0 Å². The molecule has 1 heterocycles. The summed E-state index contributed by atoms with van der Waals surface area (Å²) >= 11 is 0. The summed E-state index contributed by atoms with van der Waals surface area (Å²) < 4.78 is 11.2. The molecule has 26 heavy (non-hydrogen) atoms. The minimum atomic E-state index is -0.0963. The largest absolute Gasteiger partial charge is 0.492 e. The van der Waals surface area contributed by atoms with E-state index in [0.717, 1.165) is 16.5 Å². The molecule has 0 saturated heterocycles. The molecule has 136 valence electrons. The standard InChI is InChI=1S/C22H25NO3/c1-5-25-20-9-7-6-8-18(20)23-21(24)12-15-14-26-19-11-10-16(13-17(15)19)22(2,3)4/h6-11,13-14H,5,12H2,1-4H3,(H,23,24). The van der Waals surface area contributed by atoms with E-state index >= 15 is 0 Å². The lowest BCUT2D eigenvalue weighted by atomic mass is 9.86. The van der Waals surface area contributed by atoms with Gasteiger partial charge in [-0.05, 0) is 42.2 Å². The molecule has 1 amide bonds. The predicted octanol–water partition coefficient (Wildman–Crippen LogP) is 5.31. The molecule has 0 aliphatic heterocycles. The maximum Gasteiger partial charge on any atom is 0.229 e. The molecular formula is C22H25NO3. The van der Waals surface area contributed by atoms with Crippen molar-refractivity contribution in [3.8, 4) is 5.75 Å². The van der Waals surface area contributed by atoms with Crippen molar-refractivity contribution in [2.45, 2.75) is 39.5 Å². The topological polar surface area (TPSA) is 51.5 Å². The van der Waals surface area contributed by atoms with Gasteiger partial charge in [-0.2, -0.15) is 0 Å². The van der Waals surface area contributed by atoms with E-state index in [2.05, 4.69) is 38.2 Å². The van der Waals surface area contributed by atoms with E-state index in [1.165, 1.54) is 5.56 Å². The fraction of sp³-hybridized carbons (Fsp3) is 0.318. The molecule has 0 aliphatic carbocycles. The number of nitrogens with one attached hydrogen (secondary N) is 1. The summed E-state index contributed by atoms with van der Waals surface area (Å²) in [7, 11) is 0. The first-order valence-electron chi connectivity index (χ1n) is 8.91. The Morgan fingerprint density at radius 3 is 2.65 bits per heavy atom. The zero-order valence-corrected chi connectivity index (χ0v) is 15.8. The van der Waals surface area contributed by atoms with Gasteiger partial charge in [0, 0.05) is 10.9 Å². The Labute approximate surface area is 154 Å². The van der Waals surface area contributed by atoms with Gasteiger partial charge in [-0.25, -0.2) is 0 Å². The fourth-order valence-corrected chi connectivity index (χ4v) is 2.90. The summed E-state index contributed by atoms with van der Waals surface area (Å²) in [5.74, 6) is 0.580. The zero-order valence-electron chi connectivity index (χ0n) is 15.8. The van der Waals surface area contributed by atoms with Crippen molar-refractivity contribution in [1.29, 1.82) is 0 Å². The van der Waals surface area contributed by atoms with Crippen LogP contribution in [0, 0.1) is 0 Å². The number of carbonyl (C=O) groups is 1. The van der Waals surface area contributed by atoms with Gasteiger partial charge in [0.25, 0.3) is 0 Å². The van der Waals surface area contributed by atoms with Crippen molar-refractivity contribution in [3.63, 3.8) is 0 Å². The van der Waals surface area contributed by atoms with Crippen molar-refractivity contribution in [3.05, 3.63) is 59.9 Å². The number of hydrogen-bond donors (Lipinski definition) is 1. The molecule has 3 aromatic rings. The van der Waals surface area contributed by atoms with Crippen LogP contribution in [0.5, 0.6) is 5.75 Å². The van der Waals surface area contributed by atoms with E-state index in [9.17, 15) is 4.79 Å². The summed E-state index contributed by atoms with van der Waals surface area (Å²) in [4.78, 5) is 12.6. The molecule has 0 fully saturated rings. The Kier molecular flexibility index (Phi) is 5.03. The van der Waals surface area contributed by atoms with Crippen LogP contribution in [0.1, 0.15) is 38.8 Å². The molecule has 0 saturated carbocycles. The molecule has 0 bridgehead atoms. The molecule has 3 rings (SSSR count). The summed E-state index contributed by atoms with van der Waals surface area (Å²) in [5, 5.41) is 3.93. The lowest BCUT2D eigenvalue weighted by Gasteiger charge is -2.18. The van der Waals surface area contributed by atoms with Crippen LogP contribution in [-0.2, 0) is 16.6 Å². The van der Waals surface area contributed by atoms with Crippen LogP contribution in [0.25, 0.3) is 11.0 Å². The van der Waals surface area contributed by atoms with E-state index in [1.54, 1.807) is 6.26 Å². The van der Waals surface area contributed by atoms with Crippen LogP contribution in [0.15, 0.2) is 53.1 Å². The Bertz CT molecular complexity index is 919. The average molecular weight is 351 g/mol. The van der Waals surface area contributed by atoms with Crippen LogP contribution in [0.2, 0.25) is 0 Å². The summed E-state index contributed by atoms with van der Waals surface area (Å²) in [5.41, 5.74) is 3.63. The van der Waals surface area contributed by atoms with Gasteiger partial charge in [0.15, 0.2) is 0 Å². The van der Waals surface area contributed by atoms with Gasteiger partial charge in [0.05, 0.1) is 25.0 Å². The van der Waals surface area contributed by atoms with Gasteiger partial charge in [0.1, 0.15) is 11.3 Å². The van der Waals surface area contributed by atoms with E-state index < -0.39 is 0 Å². The second kappa shape index (κ2) is 7.24. The quantitative estimate of drug-likeness (QED) is 0.678. The molecule has 0 unspecified atom stereocenters. The number of amides is 1. The van der Waals surface area contributed by atoms with E-state index in [4.69, 9.17) is 9.15 Å². The van der Waals surface area contributed by atoms with Gasteiger partial charge in [-0.3, -0.25) is 4.79 Å². The maximum absolute atomic E-state index is 12.6. The molecule has 0 radical (unpaired) electrons. The molecule has 0 spiro atoms. The van der Waals surface area contributed by atoms with Crippen LogP contribution < -0.4 is 10.1 Å². The molecule has 2 aromatic carbocycles. The van der Waals surface area contributed by atoms with Crippen molar-refractivity contribution < 1.29 is 13.9 Å². The van der Waals surface area contributed by atoms with Gasteiger partial charge >= 0.3 is 0 Å². The molecule has 1 N–H and O–H groups in total. The van der Waals surface area contributed by atoms with Crippen molar-refractivity contribution in [2.75, 3.05) is 11.9 Å². The summed E-state index contributed by atoms with van der Waals surface area (Å²) in [6.07, 6.45) is 1.92. The molecule has 0 aliphatic rings. The first-order chi connectivity index (χ1) is 12.4. The first kappa shape index (κ1) is 18.1. The third-order valence-corrected chi connectivity index (χ3v) is 4.33. The van der Waals surface area contributed by atoms with Gasteiger partial charge in [0.2, 0.25) is 5.91 Å². The number of rotatable bonds is 5. The Balaban J connectivity index is 1.82.